The highest BCUT2D eigenvalue weighted by Crippen LogP contribution is 2.47. The fourth-order valence-electron chi connectivity index (χ4n) is 4.05. The number of halogens is 1. The molecule has 5 heterocycles. The molecule has 2 atom stereocenters. The lowest BCUT2D eigenvalue weighted by molar-refractivity contribution is -0.150. The minimum atomic E-state index is -1.30. The number of thiophene rings is 1. The van der Waals surface area contributed by atoms with Crippen molar-refractivity contribution in [2.45, 2.75) is 21.4 Å². The van der Waals surface area contributed by atoms with E-state index >= 15 is 0 Å². The van der Waals surface area contributed by atoms with Crippen LogP contribution >= 0.6 is 80.9 Å². The second-order valence-electron chi connectivity index (χ2n) is 8.32. The van der Waals surface area contributed by atoms with Gasteiger partial charge < -0.3 is 27.1 Å². The Labute approximate surface area is 261 Å². The maximum absolute atomic E-state index is 13.3. The Morgan fingerprint density at radius 2 is 2.10 bits per heavy atom. The van der Waals surface area contributed by atoms with Gasteiger partial charge in [-0.2, -0.15) is 11.8 Å². The Morgan fingerprint density at radius 1 is 1.32 bits per heavy atom. The van der Waals surface area contributed by atoms with Gasteiger partial charge in [0.05, 0.1) is 13.6 Å². The summed E-state index contributed by atoms with van der Waals surface area (Å²) in [6.45, 7) is 0.462. The molecule has 2 aliphatic heterocycles. The van der Waals surface area contributed by atoms with Crippen LogP contribution < -0.4 is 22.2 Å². The molecule has 2 amide bonds. The third kappa shape index (κ3) is 5.71. The van der Waals surface area contributed by atoms with Crippen molar-refractivity contribution < 1.29 is 24.7 Å². The molecule has 19 heteroatoms. The van der Waals surface area contributed by atoms with Crippen LogP contribution in [0.1, 0.15) is 11.3 Å². The average molecular weight is 691 g/mol. The van der Waals surface area contributed by atoms with Crippen molar-refractivity contribution in [3.63, 3.8) is 0 Å². The first kappa shape index (κ1) is 30.1. The molecule has 2 aliphatic rings. The standard InChI is InChI=1S/C22H19ClN6O6S6/c23-16-10(27-22(25)41-16)11(28-35)17(31)26-12-18(32)29-13(20(33)34)9(6-38-19(12)29)40-21-7(5-36-4-2-24)14(30)15-8(39-21)1-3-37-15/h1,3,12,19,35H,2,4-6,24H2,(H2,25,27)(H,26,31)(H,33,34)/b28-11+/t12?,19-/m1/s1. The Hall–Kier alpha value is -2.32. The number of carboxylic acids is 1. The molecule has 1 saturated heterocycles. The van der Waals surface area contributed by atoms with Gasteiger partial charge in [-0.25, -0.2) is 9.78 Å². The SMILES string of the molecule is NCCSCc1c(SC2=C(C(=O)O)N3C(=O)C(NC(=O)/C(=N/O)c4nc(N)sc4Cl)[C@H]3SC2)sc2ccsc2c1=O. The molecule has 0 aliphatic carbocycles. The molecule has 3 aromatic heterocycles. The number of oxime groups is 1. The van der Waals surface area contributed by atoms with Crippen LogP contribution in [0.2, 0.25) is 4.34 Å². The predicted octanol–water partition coefficient (Wildman–Crippen LogP) is 2.87. The lowest BCUT2D eigenvalue weighted by Gasteiger charge is -2.49. The number of hydrogen-bond donors (Lipinski definition) is 5. The topological polar surface area (TPSA) is 201 Å². The monoisotopic (exact) mass is 690 g/mol. The first-order valence-corrected chi connectivity index (χ1v) is 17.4. The number of carboxylic acid groups (broad SMARTS) is 1. The number of hydrogen-bond acceptors (Lipinski definition) is 15. The van der Waals surface area contributed by atoms with Crippen LogP contribution in [0.15, 0.2) is 36.2 Å². The number of fused-ring (bicyclic) bond motifs is 2. The largest absolute Gasteiger partial charge is 0.477 e. The zero-order chi connectivity index (χ0) is 29.4. The summed E-state index contributed by atoms with van der Waals surface area (Å²) in [7, 11) is 0. The molecule has 0 radical (unpaired) electrons. The molecule has 1 fully saturated rings. The van der Waals surface area contributed by atoms with Gasteiger partial charge in [-0.3, -0.25) is 19.3 Å². The molecular formula is C22H19ClN6O6S6. The van der Waals surface area contributed by atoms with E-state index in [2.05, 4.69) is 15.5 Å². The third-order valence-electron chi connectivity index (χ3n) is 5.85. The zero-order valence-corrected chi connectivity index (χ0v) is 26.1. The highest BCUT2D eigenvalue weighted by molar-refractivity contribution is 8.07. The Kier molecular flexibility index (Phi) is 9.19. The lowest BCUT2D eigenvalue weighted by atomic mass is 10.0. The second kappa shape index (κ2) is 12.5. The third-order valence-corrected chi connectivity index (χ3v) is 13.0. The molecule has 41 heavy (non-hydrogen) atoms. The van der Waals surface area contributed by atoms with Gasteiger partial charge in [0.15, 0.2) is 10.8 Å². The molecule has 0 saturated carbocycles. The summed E-state index contributed by atoms with van der Waals surface area (Å²) in [4.78, 5) is 57.1. The van der Waals surface area contributed by atoms with Gasteiger partial charge in [-0.1, -0.05) is 39.9 Å². The van der Waals surface area contributed by atoms with Gasteiger partial charge >= 0.3 is 5.97 Å². The van der Waals surface area contributed by atoms with E-state index in [1.54, 1.807) is 0 Å². The number of β-lactam (4-membered cyclic amide) rings is 1. The van der Waals surface area contributed by atoms with E-state index in [0.29, 0.717) is 37.4 Å². The van der Waals surface area contributed by atoms with Crippen molar-refractivity contribution in [2.24, 2.45) is 10.9 Å². The molecule has 12 nitrogen and oxygen atoms in total. The molecule has 0 aromatic carbocycles. The molecule has 5 rings (SSSR count). The summed E-state index contributed by atoms with van der Waals surface area (Å²) in [6.07, 6.45) is 0. The van der Waals surface area contributed by atoms with Crippen LogP contribution in [0.5, 0.6) is 0 Å². The van der Waals surface area contributed by atoms with Crippen LogP contribution in [-0.4, -0.2) is 73.2 Å². The molecule has 1 unspecified atom stereocenters. The van der Waals surface area contributed by atoms with Gasteiger partial charge in [-0.05, 0) is 11.4 Å². The molecule has 216 valence electrons. The number of nitrogens with zero attached hydrogens (tertiary/aromatic N) is 3. The highest BCUT2D eigenvalue weighted by Gasteiger charge is 2.54. The Balaban J connectivity index is 1.41. The minimum Gasteiger partial charge on any atom is -0.477 e. The number of rotatable bonds is 10. The first-order valence-electron chi connectivity index (χ1n) is 11.5. The second-order valence-corrected chi connectivity index (χ2v) is 15.5. The summed E-state index contributed by atoms with van der Waals surface area (Å²) in [5.41, 5.74) is 10.8. The van der Waals surface area contributed by atoms with E-state index in [9.17, 15) is 29.5 Å². The number of thioether (sulfide) groups is 3. The minimum absolute atomic E-state index is 0.0283. The van der Waals surface area contributed by atoms with Gasteiger partial charge in [0.25, 0.3) is 11.8 Å². The van der Waals surface area contributed by atoms with E-state index in [-0.39, 0.29) is 32.0 Å². The quantitative estimate of drug-likeness (QED) is 0.0686. The molecular weight excluding hydrogens is 672 g/mol. The van der Waals surface area contributed by atoms with E-state index in [1.165, 1.54) is 58.0 Å². The van der Waals surface area contributed by atoms with Crippen molar-refractivity contribution in [3.05, 3.63) is 47.9 Å². The maximum Gasteiger partial charge on any atom is 0.353 e. The van der Waals surface area contributed by atoms with Crippen LogP contribution in [0.4, 0.5) is 5.13 Å². The fourth-order valence-corrected chi connectivity index (χ4v) is 11.0. The fraction of sp³-hybridized carbons (Fsp3) is 0.273. The van der Waals surface area contributed by atoms with Gasteiger partial charge in [-0.15, -0.1) is 34.4 Å². The Morgan fingerprint density at radius 3 is 2.76 bits per heavy atom. The highest BCUT2D eigenvalue weighted by atomic mass is 35.5. The normalized spacial score (nSPS) is 18.9. The number of nitrogen functional groups attached to an aromatic ring is 1. The van der Waals surface area contributed by atoms with Crippen molar-refractivity contribution in [2.75, 3.05) is 23.8 Å². The number of thiazole rings is 1. The number of aliphatic carboxylic acids is 1. The van der Waals surface area contributed by atoms with Crippen molar-refractivity contribution in [1.29, 1.82) is 0 Å². The Bertz CT molecular complexity index is 1680. The summed E-state index contributed by atoms with van der Waals surface area (Å²) in [6, 6.07) is 0.773. The summed E-state index contributed by atoms with van der Waals surface area (Å²) in [5.74, 6) is -1.56. The summed E-state index contributed by atoms with van der Waals surface area (Å²) < 4.78 is 2.15. The van der Waals surface area contributed by atoms with Crippen LogP contribution in [0.3, 0.4) is 0 Å². The lowest BCUT2D eigenvalue weighted by Crippen LogP contribution is -2.71. The molecule has 3 aromatic rings. The van der Waals surface area contributed by atoms with E-state index in [0.717, 1.165) is 20.9 Å². The average Bonchev–Trinajstić information content (AvgIpc) is 3.54. The number of carbonyl (C=O) groups excluding carboxylic acids is 2. The number of aromatic nitrogens is 1. The molecule has 7 N–H and O–H groups in total. The van der Waals surface area contributed by atoms with Gasteiger partial charge in [0.2, 0.25) is 5.43 Å². The van der Waals surface area contributed by atoms with E-state index in [1.807, 2.05) is 11.4 Å². The number of nitrogens with two attached hydrogens (primary N) is 2. The van der Waals surface area contributed by atoms with E-state index in [4.69, 9.17) is 23.1 Å². The number of amides is 2. The first-order chi connectivity index (χ1) is 19.7. The number of anilines is 1. The zero-order valence-electron chi connectivity index (χ0n) is 20.5. The van der Waals surface area contributed by atoms with Crippen molar-refractivity contribution in [1.82, 2.24) is 15.2 Å². The summed E-state index contributed by atoms with van der Waals surface area (Å²) in [5, 5.41) is 26.2. The van der Waals surface area contributed by atoms with Crippen LogP contribution in [0.25, 0.3) is 9.40 Å². The van der Waals surface area contributed by atoms with E-state index < -0.39 is 34.9 Å². The van der Waals surface area contributed by atoms with Crippen LogP contribution in [0, 0.1) is 0 Å². The van der Waals surface area contributed by atoms with Gasteiger partial charge in [0, 0.05) is 34.3 Å². The molecule has 0 spiro atoms. The maximum atomic E-state index is 13.3. The smallest absolute Gasteiger partial charge is 0.353 e. The number of nitrogens with one attached hydrogen (secondary N) is 1. The molecule has 0 bridgehead atoms. The summed E-state index contributed by atoms with van der Waals surface area (Å²) >= 11 is 13.6. The predicted molar refractivity (Wildman–Crippen MR) is 167 cm³/mol. The number of carbonyl (C=O) groups is 3. The van der Waals surface area contributed by atoms with Crippen molar-refractivity contribution >= 4 is 119 Å². The van der Waals surface area contributed by atoms with Crippen molar-refractivity contribution in [3.8, 4) is 0 Å². The van der Waals surface area contributed by atoms with Gasteiger partial charge in [0.1, 0.15) is 27.1 Å². The van der Waals surface area contributed by atoms with Crippen LogP contribution in [-0.2, 0) is 20.1 Å².